The van der Waals surface area contributed by atoms with E-state index in [2.05, 4.69) is 33.5 Å². The summed E-state index contributed by atoms with van der Waals surface area (Å²) in [5.74, 6) is -0.650. The summed E-state index contributed by atoms with van der Waals surface area (Å²) in [6, 6.07) is 17.7. The number of amides is 1. The lowest BCUT2D eigenvalue weighted by molar-refractivity contribution is -0.0435. The molecule has 2 aliphatic heterocycles. The van der Waals surface area contributed by atoms with E-state index in [9.17, 15) is 34.8 Å². The average Bonchev–Trinajstić information content (AvgIpc) is 3.16. The number of ether oxygens (including phenoxy) is 1. The van der Waals surface area contributed by atoms with Gasteiger partial charge in [0.15, 0.2) is 0 Å². The molecule has 2 saturated heterocycles. The van der Waals surface area contributed by atoms with E-state index in [1.807, 2.05) is 42.0 Å². The first-order chi connectivity index (χ1) is 26.6. The molecule has 2 N–H and O–H groups in total. The Morgan fingerprint density at radius 1 is 0.982 bits per heavy atom. The summed E-state index contributed by atoms with van der Waals surface area (Å²) in [6.07, 6.45) is 2.48. The Labute approximate surface area is 332 Å². The van der Waals surface area contributed by atoms with Crippen molar-refractivity contribution in [2.75, 3.05) is 75.0 Å². The number of carbonyl (C=O) groups is 1. The van der Waals surface area contributed by atoms with E-state index >= 15 is 0 Å². The highest BCUT2D eigenvalue weighted by molar-refractivity contribution is 7.99. The molecule has 0 saturated carbocycles. The van der Waals surface area contributed by atoms with Gasteiger partial charge in [0.05, 0.1) is 23.8 Å². The fourth-order valence-corrected chi connectivity index (χ4v) is 9.67. The van der Waals surface area contributed by atoms with Gasteiger partial charge >= 0.3 is 5.51 Å². The van der Waals surface area contributed by atoms with Gasteiger partial charge in [0.1, 0.15) is 4.90 Å². The molecule has 2 heterocycles. The maximum absolute atomic E-state index is 14.1. The van der Waals surface area contributed by atoms with Gasteiger partial charge in [-0.25, -0.2) is 21.6 Å². The number of alkyl halides is 3. The van der Waals surface area contributed by atoms with Gasteiger partial charge in [0, 0.05) is 79.8 Å². The minimum Gasteiger partial charge on any atom is -0.380 e. The number of anilines is 2. The van der Waals surface area contributed by atoms with Crippen molar-refractivity contribution in [2.45, 2.75) is 65.4 Å². The van der Waals surface area contributed by atoms with Crippen molar-refractivity contribution in [3.8, 4) is 0 Å². The highest BCUT2D eigenvalue weighted by atomic mass is 32.2. The van der Waals surface area contributed by atoms with Gasteiger partial charge in [-0.2, -0.15) is 13.2 Å². The number of piperazine rings is 1. The van der Waals surface area contributed by atoms with Crippen molar-refractivity contribution in [3.63, 3.8) is 0 Å². The molecular formula is C39H50F3N5O6S3. The Balaban J connectivity index is 1.32. The zero-order chi connectivity index (χ0) is 40.5. The molecule has 5 rings (SSSR count). The van der Waals surface area contributed by atoms with Crippen LogP contribution in [-0.4, -0.2) is 115 Å². The summed E-state index contributed by atoms with van der Waals surface area (Å²) in [4.78, 5) is 18.7. The molecule has 0 aromatic heterocycles. The Hall–Kier alpha value is -3.61. The summed E-state index contributed by atoms with van der Waals surface area (Å²) in [7, 11) is -10.9. The summed E-state index contributed by atoms with van der Waals surface area (Å²) in [5, 5.41) is 2.99. The van der Waals surface area contributed by atoms with Gasteiger partial charge in [-0.3, -0.25) is 14.6 Å². The van der Waals surface area contributed by atoms with Crippen LogP contribution in [0.25, 0.3) is 0 Å². The molecule has 11 nitrogen and oxygen atoms in total. The number of carbonyl (C=O) groups excluding carboxylic acids is 1. The fraction of sp³-hybridized carbons (Fsp3) is 0.462. The van der Waals surface area contributed by atoms with Gasteiger partial charge in [-0.15, -0.1) is 11.8 Å². The molecule has 17 heteroatoms. The number of nitrogens with one attached hydrogen (secondary N) is 2. The van der Waals surface area contributed by atoms with Crippen LogP contribution < -0.4 is 14.9 Å². The Kier molecular flexibility index (Phi) is 14.9. The van der Waals surface area contributed by atoms with Crippen molar-refractivity contribution in [1.29, 1.82) is 0 Å². The van der Waals surface area contributed by atoms with Crippen molar-refractivity contribution in [1.82, 2.24) is 14.5 Å². The zero-order valence-corrected chi connectivity index (χ0v) is 34.1. The molecule has 0 radical (unpaired) electrons. The molecule has 2 aliphatic rings. The van der Waals surface area contributed by atoms with Crippen LogP contribution >= 0.6 is 11.8 Å². The number of rotatable bonds is 17. The van der Waals surface area contributed by atoms with Gasteiger partial charge in [-0.05, 0) is 74.4 Å². The molecule has 2 atom stereocenters. The number of hydrogen-bond donors (Lipinski definition) is 2. The van der Waals surface area contributed by atoms with Crippen LogP contribution in [0.15, 0.2) is 99.6 Å². The van der Waals surface area contributed by atoms with Crippen LogP contribution in [0, 0.1) is 0 Å². The second-order valence-corrected chi connectivity index (χ2v) is 18.8. The van der Waals surface area contributed by atoms with Gasteiger partial charge < -0.3 is 15.0 Å². The smallest absolute Gasteiger partial charge is 0.380 e. The minimum atomic E-state index is -6.04. The van der Waals surface area contributed by atoms with Gasteiger partial charge in [0.25, 0.3) is 25.8 Å². The second kappa shape index (κ2) is 19.2. The zero-order valence-electron chi connectivity index (χ0n) is 31.6. The quantitative estimate of drug-likeness (QED) is 0.118. The van der Waals surface area contributed by atoms with Crippen LogP contribution in [0.3, 0.4) is 0 Å². The summed E-state index contributed by atoms with van der Waals surface area (Å²) >= 11 is 1.45. The standard InChI is InChI=1S/C39H50F3N5O6S3/c1-4-8-29(2)26-45-19-21-47(22-20-45)33-13-11-31(12-14-33)38(48)44-56(51,52)35-15-16-36(37(25-35)55(49,50)39(40,41)42)43-32(28-54-34-9-6-5-7-10-34)17-18-46-23-24-53-27-30(46)3/h5-7,9-16,25,30,32,43H,2,4,8,17-24,26-28H2,1,3H3,(H,44,48)/t30-,32?/m1/s1. The summed E-state index contributed by atoms with van der Waals surface area (Å²) in [6.45, 7) is 14.6. The molecule has 3 aromatic carbocycles. The van der Waals surface area contributed by atoms with E-state index in [1.54, 1.807) is 12.1 Å². The van der Waals surface area contributed by atoms with Crippen LogP contribution in [-0.2, 0) is 24.6 Å². The summed E-state index contributed by atoms with van der Waals surface area (Å²) in [5.41, 5.74) is -4.08. The fourth-order valence-electron chi connectivity index (χ4n) is 6.66. The van der Waals surface area contributed by atoms with E-state index in [4.69, 9.17) is 4.74 Å². The average molecular weight is 838 g/mol. The van der Waals surface area contributed by atoms with E-state index in [0.29, 0.717) is 44.5 Å². The highest BCUT2D eigenvalue weighted by Gasteiger charge is 2.48. The molecule has 306 valence electrons. The number of thioether (sulfide) groups is 1. The third-order valence-electron chi connectivity index (χ3n) is 9.83. The minimum absolute atomic E-state index is 0.00148. The van der Waals surface area contributed by atoms with Crippen molar-refractivity contribution < 1.29 is 39.5 Å². The highest BCUT2D eigenvalue weighted by Crippen LogP contribution is 2.37. The lowest BCUT2D eigenvalue weighted by atomic mass is 10.1. The SMILES string of the molecule is C=C(CCC)CN1CCN(c2ccc(C(=O)NS(=O)(=O)c3ccc(NC(CCN4CCOC[C@H]4C)CSc4ccccc4)c(S(=O)(=O)C(F)(F)F)c3)cc2)CC1. The van der Waals surface area contributed by atoms with E-state index in [0.717, 1.165) is 68.3 Å². The van der Waals surface area contributed by atoms with Crippen LogP contribution in [0.1, 0.15) is 43.5 Å². The van der Waals surface area contributed by atoms with E-state index in [1.165, 1.54) is 29.5 Å². The molecular weight excluding hydrogens is 788 g/mol. The molecule has 1 unspecified atom stereocenters. The molecule has 0 bridgehead atoms. The summed E-state index contributed by atoms with van der Waals surface area (Å²) < 4.78 is 103. The van der Waals surface area contributed by atoms with Crippen molar-refractivity contribution in [3.05, 3.63) is 90.5 Å². The first-order valence-electron chi connectivity index (χ1n) is 18.6. The Morgan fingerprint density at radius 3 is 2.32 bits per heavy atom. The molecule has 3 aromatic rings. The molecule has 56 heavy (non-hydrogen) atoms. The number of halogens is 3. The first-order valence-corrected chi connectivity index (χ1v) is 22.6. The van der Waals surface area contributed by atoms with E-state index in [-0.39, 0.29) is 11.6 Å². The van der Waals surface area contributed by atoms with Crippen LogP contribution in [0.5, 0.6) is 0 Å². The molecule has 0 spiro atoms. The number of sulfonamides is 1. The lowest BCUT2D eigenvalue weighted by Crippen LogP contribution is -2.46. The maximum Gasteiger partial charge on any atom is 0.501 e. The van der Waals surface area contributed by atoms with Gasteiger partial charge in [-0.1, -0.05) is 43.7 Å². The molecule has 1 amide bonds. The monoisotopic (exact) mass is 837 g/mol. The van der Waals surface area contributed by atoms with Crippen molar-refractivity contribution in [2.24, 2.45) is 0 Å². The van der Waals surface area contributed by atoms with Gasteiger partial charge in [0.2, 0.25) is 0 Å². The van der Waals surface area contributed by atoms with Crippen LogP contribution in [0.4, 0.5) is 24.5 Å². The van der Waals surface area contributed by atoms with Crippen molar-refractivity contribution >= 4 is 48.9 Å². The Bertz CT molecular complexity index is 2010. The number of morpholine rings is 1. The predicted octanol–water partition coefficient (Wildman–Crippen LogP) is 6.26. The molecule has 0 aliphatic carbocycles. The third-order valence-corrected chi connectivity index (χ3v) is 13.9. The first kappa shape index (κ1) is 43.5. The maximum atomic E-state index is 14.1. The molecule has 2 fully saturated rings. The number of nitrogens with zero attached hydrogens (tertiary/aromatic N) is 3. The van der Waals surface area contributed by atoms with E-state index < -0.39 is 52.8 Å². The number of sulfone groups is 1. The number of benzene rings is 3. The second-order valence-electron chi connectivity index (χ2n) is 14.1. The number of hydrogen-bond acceptors (Lipinski definition) is 11. The normalized spacial score (nSPS) is 18.0. The topological polar surface area (TPSA) is 128 Å². The van der Waals surface area contributed by atoms with Crippen LogP contribution in [0.2, 0.25) is 0 Å². The third kappa shape index (κ3) is 11.5. The lowest BCUT2D eigenvalue weighted by Gasteiger charge is -2.36. The predicted molar refractivity (Wildman–Crippen MR) is 215 cm³/mol. The Morgan fingerprint density at radius 2 is 1.68 bits per heavy atom. The largest absolute Gasteiger partial charge is 0.501 e.